The van der Waals surface area contributed by atoms with Crippen molar-refractivity contribution >= 4 is 63.3 Å². The Balaban J connectivity index is 0.00000228. The number of nitrogens with zero attached hydrogens (tertiary/aromatic N) is 2. The first-order chi connectivity index (χ1) is 15.8. The monoisotopic (exact) mass is 588 g/mol. The van der Waals surface area contributed by atoms with Gasteiger partial charge in [0.25, 0.3) is 0 Å². The van der Waals surface area contributed by atoms with Gasteiger partial charge in [-0.3, -0.25) is 0 Å². The Hall–Kier alpha value is -0.270. The molecule has 0 amide bonds. The molecule has 0 unspecified atom stereocenters. The van der Waals surface area contributed by atoms with Gasteiger partial charge in [0, 0.05) is 16.2 Å². The van der Waals surface area contributed by atoms with Gasteiger partial charge in [0.05, 0.1) is 20.4 Å². The predicted molar refractivity (Wildman–Crippen MR) is 116 cm³/mol. The van der Waals surface area contributed by atoms with Crippen LogP contribution in [0.5, 0.6) is 0 Å². The predicted octanol–water partition coefficient (Wildman–Crippen LogP) is -5.87. The zero-order valence-electron chi connectivity index (χ0n) is 19.6. The molecule has 37 heavy (non-hydrogen) atoms. The SMILES string of the molecule is O=S(=O)([O-])c1ccc2c(N=Nc3cc(S(=O)(=O)[O-])c4ccccc4c3S(=O)(=O)[O-])cccc2c1.[Na+].[Na+].[Na+]. The van der Waals surface area contributed by atoms with Gasteiger partial charge in [-0.25, -0.2) is 25.3 Å². The molecule has 4 aromatic carbocycles. The molecule has 176 valence electrons. The van der Waals surface area contributed by atoms with Crippen molar-refractivity contribution in [3.8, 4) is 0 Å². The van der Waals surface area contributed by atoms with Gasteiger partial charge in [0.15, 0.2) is 0 Å². The summed E-state index contributed by atoms with van der Waals surface area (Å²) in [6.45, 7) is 0. The van der Waals surface area contributed by atoms with Gasteiger partial charge >= 0.3 is 88.7 Å². The minimum atomic E-state index is -5.19. The molecule has 0 N–H and O–H groups in total. The largest absolute Gasteiger partial charge is 1.00 e. The van der Waals surface area contributed by atoms with Gasteiger partial charge in [0.2, 0.25) is 0 Å². The molecule has 0 atom stereocenters. The number of benzene rings is 4. The fourth-order valence-electron chi connectivity index (χ4n) is 3.44. The zero-order chi connectivity index (χ0) is 24.9. The van der Waals surface area contributed by atoms with Crippen LogP contribution in [0.15, 0.2) is 91.6 Å². The molecule has 0 radical (unpaired) electrons. The normalized spacial score (nSPS) is 12.1. The molecule has 4 rings (SSSR count). The van der Waals surface area contributed by atoms with E-state index in [0.29, 0.717) is 16.8 Å². The van der Waals surface area contributed by atoms with E-state index in [1.54, 1.807) is 0 Å². The van der Waals surface area contributed by atoms with E-state index in [1.807, 2.05) is 0 Å². The average Bonchev–Trinajstić information content (AvgIpc) is 2.74. The summed E-state index contributed by atoms with van der Waals surface area (Å²) in [5, 5.41) is 7.69. The Morgan fingerprint density at radius 1 is 0.541 bits per heavy atom. The summed E-state index contributed by atoms with van der Waals surface area (Å²) in [5.74, 6) is 0. The summed E-state index contributed by atoms with van der Waals surface area (Å²) in [6, 6.07) is 13.5. The Bertz CT molecular complexity index is 1850. The molecule has 0 bridgehead atoms. The Morgan fingerprint density at radius 3 is 1.70 bits per heavy atom. The Labute approximate surface area is 278 Å². The third-order valence-corrected chi connectivity index (χ3v) is 7.48. The van der Waals surface area contributed by atoms with Gasteiger partial charge in [-0.15, -0.1) is 10.2 Å². The van der Waals surface area contributed by atoms with Gasteiger partial charge < -0.3 is 13.7 Å². The minimum Gasteiger partial charge on any atom is -0.744 e. The molecule has 0 heterocycles. The summed E-state index contributed by atoms with van der Waals surface area (Å²) in [7, 11) is -15.0. The molecule has 0 saturated carbocycles. The maximum atomic E-state index is 12.0. The van der Waals surface area contributed by atoms with Crippen LogP contribution in [-0.4, -0.2) is 38.9 Å². The number of rotatable bonds is 5. The van der Waals surface area contributed by atoms with E-state index in [-0.39, 0.29) is 105 Å². The van der Waals surface area contributed by atoms with E-state index in [9.17, 15) is 38.9 Å². The van der Waals surface area contributed by atoms with Crippen LogP contribution in [0.2, 0.25) is 0 Å². The van der Waals surface area contributed by atoms with Gasteiger partial charge in [-0.2, -0.15) is 0 Å². The van der Waals surface area contributed by atoms with Crippen molar-refractivity contribution in [3.63, 3.8) is 0 Å². The van der Waals surface area contributed by atoms with Crippen LogP contribution in [0.3, 0.4) is 0 Å². The molecule has 11 nitrogen and oxygen atoms in total. The number of hydrogen-bond donors (Lipinski definition) is 0. The minimum absolute atomic E-state index is 0. The maximum absolute atomic E-state index is 12.0. The van der Waals surface area contributed by atoms with E-state index in [1.165, 1.54) is 42.5 Å². The Kier molecular flexibility index (Phi) is 12.1. The van der Waals surface area contributed by atoms with Crippen molar-refractivity contribution in [1.29, 1.82) is 0 Å². The van der Waals surface area contributed by atoms with Crippen LogP contribution in [-0.2, 0) is 30.4 Å². The quantitative estimate of drug-likeness (QED) is 0.124. The second-order valence-corrected chi connectivity index (χ2v) is 11.0. The molecule has 17 heteroatoms. The molecule has 4 aromatic rings. The van der Waals surface area contributed by atoms with Gasteiger partial charge in [-0.1, -0.05) is 42.5 Å². The van der Waals surface area contributed by atoms with Crippen molar-refractivity contribution in [2.24, 2.45) is 10.2 Å². The van der Waals surface area contributed by atoms with Crippen LogP contribution in [0.4, 0.5) is 11.4 Å². The van der Waals surface area contributed by atoms with Crippen LogP contribution in [0.1, 0.15) is 0 Å². The third kappa shape index (κ3) is 7.68. The van der Waals surface area contributed by atoms with E-state index in [4.69, 9.17) is 0 Å². The van der Waals surface area contributed by atoms with Crippen LogP contribution < -0.4 is 88.7 Å². The maximum Gasteiger partial charge on any atom is 1.00 e. The average molecular weight is 588 g/mol. The molecular weight excluding hydrogens is 577 g/mol. The molecule has 0 aromatic heterocycles. The van der Waals surface area contributed by atoms with Gasteiger partial charge in [0.1, 0.15) is 36.0 Å². The second kappa shape index (κ2) is 12.9. The molecule has 0 aliphatic heterocycles. The van der Waals surface area contributed by atoms with Crippen LogP contribution in [0.25, 0.3) is 21.5 Å². The van der Waals surface area contributed by atoms with Crippen molar-refractivity contribution in [2.75, 3.05) is 0 Å². The molecule has 0 fully saturated rings. The van der Waals surface area contributed by atoms with Crippen molar-refractivity contribution < 1.29 is 128 Å². The van der Waals surface area contributed by atoms with Crippen LogP contribution in [0, 0.1) is 0 Å². The zero-order valence-corrected chi connectivity index (χ0v) is 28.1. The van der Waals surface area contributed by atoms with Gasteiger partial charge in [-0.05, 0) is 29.7 Å². The molecule has 0 aliphatic carbocycles. The van der Waals surface area contributed by atoms with E-state index in [2.05, 4.69) is 10.2 Å². The Morgan fingerprint density at radius 2 is 1.14 bits per heavy atom. The first kappa shape index (κ1) is 34.8. The van der Waals surface area contributed by atoms with Crippen molar-refractivity contribution in [1.82, 2.24) is 0 Å². The summed E-state index contributed by atoms with van der Waals surface area (Å²) in [6.07, 6.45) is 0. The molecule has 0 spiro atoms. The number of hydrogen-bond acceptors (Lipinski definition) is 11. The number of azo groups is 1. The fourth-order valence-corrected chi connectivity index (χ4v) is 5.45. The summed E-state index contributed by atoms with van der Waals surface area (Å²) in [4.78, 5) is -2.12. The second-order valence-electron chi connectivity index (χ2n) is 6.99. The van der Waals surface area contributed by atoms with E-state index in [0.717, 1.165) is 18.2 Å². The molecular formula is C20H11N2Na3O9S3. The summed E-state index contributed by atoms with van der Waals surface area (Å²) < 4.78 is 105. The first-order valence-corrected chi connectivity index (χ1v) is 13.4. The van der Waals surface area contributed by atoms with E-state index < -0.39 is 50.7 Å². The fraction of sp³-hybridized carbons (Fsp3) is 0. The van der Waals surface area contributed by atoms with Crippen molar-refractivity contribution in [2.45, 2.75) is 14.7 Å². The molecule has 0 saturated heterocycles. The smallest absolute Gasteiger partial charge is 0.744 e. The topological polar surface area (TPSA) is 196 Å². The first-order valence-electron chi connectivity index (χ1n) is 9.15. The summed E-state index contributed by atoms with van der Waals surface area (Å²) >= 11 is 0. The standard InChI is InChI=1S/C20H14N2O9S3.3Na/c23-32(24,25)13-8-9-14-12(10-13)4-3-7-17(14)21-22-18-11-19(33(26,27)28)15-5-1-2-6-16(15)20(18)34(29,30)31;;;/h1-11H,(H,23,24,25)(H,26,27,28)(H,29,30,31);;;/q;3*+1/p-3. The van der Waals surface area contributed by atoms with E-state index >= 15 is 0 Å². The third-order valence-electron chi connectivity index (χ3n) is 4.84. The molecule has 0 aliphatic rings. The van der Waals surface area contributed by atoms with Crippen molar-refractivity contribution in [3.05, 3.63) is 66.7 Å². The summed E-state index contributed by atoms with van der Waals surface area (Å²) in [5.41, 5.74) is -0.583. The number of fused-ring (bicyclic) bond motifs is 2. The van der Waals surface area contributed by atoms with Crippen LogP contribution >= 0.6 is 0 Å².